The molecule has 3 N–H and O–H groups in total. The monoisotopic (exact) mass is 459 g/mol. The van der Waals surface area contributed by atoms with Gasteiger partial charge >= 0.3 is 0 Å². The number of aliphatic hydroxyl groups is 1. The molecule has 2 aliphatic rings. The van der Waals surface area contributed by atoms with Crippen LogP contribution >= 0.6 is 0 Å². The number of nitrogens with zero attached hydrogens (tertiary/aromatic N) is 3. The standard InChI is InChI=1S/C23H27F2N5O3/c1-29(23(7-8-23)13-33-12-19(24)25)22(32)20-15-11-30(9-6-17(15)27-28-20)21(31)18-10-14-4-2-3-5-16(14)26-18/h2-5,10,19,22,26,32H,6-9,11-13H2,1H3,(H,27,28). The molecular formula is C23H27F2N5O3. The molecule has 0 spiro atoms. The van der Waals surface area contributed by atoms with E-state index < -0.39 is 24.8 Å². The number of nitrogens with one attached hydrogen (secondary N) is 2. The molecule has 1 atom stereocenters. The summed E-state index contributed by atoms with van der Waals surface area (Å²) in [5.41, 5.74) is 3.12. The lowest BCUT2D eigenvalue weighted by Gasteiger charge is -2.33. The molecule has 0 radical (unpaired) electrons. The van der Waals surface area contributed by atoms with Crippen LogP contribution in [-0.2, 0) is 17.7 Å². The topological polar surface area (TPSA) is 97.5 Å². The van der Waals surface area contributed by atoms with Gasteiger partial charge in [-0.05, 0) is 32.0 Å². The highest BCUT2D eigenvalue weighted by Crippen LogP contribution is 2.45. The highest BCUT2D eigenvalue weighted by Gasteiger charge is 2.50. The van der Waals surface area contributed by atoms with Crippen molar-refractivity contribution >= 4 is 16.8 Å². The number of aliphatic hydroxyl groups excluding tert-OH is 1. The maximum atomic E-state index is 13.2. The number of para-hydroxylation sites is 1. The number of amides is 1. The van der Waals surface area contributed by atoms with Gasteiger partial charge in [-0.3, -0.25) is 14.8 Å². The summed E-state index contributed by atoms with van der Waals surface area (Å²) in [5.74, 6) is -0.106. The van der Waals surface area contributed by atoms with Crippen LogP contribution in [0.2, 0.25) is 0 Å². The van der Waals surface area contributed by atoms with Crippen molar-refractivity contribution in [3.63, 3.8) is 0 Å². The number of carbonyl (C=O) groups is 1. The number of aromatic nitrogens is 3. The van der Waals surface area contributed by atoms with Gasteiger partial charge in [-0.15, -0.1) is 0 Å². The molecule has 1 saturated carbocycles. The van der Waals surface area contributed by atoms with Crippen LogP contribution in [-0.4, -0.2) is 74.8 Å². The number of ether oxygens (including phenoxy) is 1. The summed E-state index contributed by atoms with van der Waals surface area (Å²) in [6.45, 7) is 0.375. The fraction of sp³-hybridized carbons (Fsp3) is 0.478. The maximum Gasteiger partial charge on any atom is 0.270 e. The Morgan fingerprint density at radius 1 is 1.36 bits per heavy atom. The summed E-state index contributed by atoms with van der Waals surface area (Å²) < 4.78 is 30.1. The van der Waals surface area contributed by atoms with Crippen LogP contribution in [0.3, 0.4) is 0 Å². The number of hydrogen-bond donors (Lipinski definition) is 3. The molecule has 3 heterocycles. The Labute approximate surface area is 189 Å². The lowest BCUT2D eigenvalue weighted by molar-refractivity contribution is -0.0638. The molecule has 1 aliphatic carbocycles. The van der Waals surface area contributed by atoms with Gasteiger partial charge in [0.2, 0.25) is 0 Å². The minimum absolute atomic E-state index is 0.106. The first-order chi connectivity index (χ1) is 15.9. The van der Waals surface area contributed by atoms with E-state index in [0.29, 0.717) is 30.9 Å². The Kier molecular flexibility index (Phi) is 5.67. The van der Waals surface area contributed by atoms with Gasteiger partial charge < -0.3 is 19.7 Å². The molecule has 1 amide bonds. The van der Waals surface area contributed by atoms with Crippen molar-refractivity contribution in [1.29, 1.82) is 0 Å². The molecule has 5 rings (SSSR count). The zero-order valence-electron chi connectivity index (χ0n) is 18.4. The lowest BCUT2D eigenvalue weighted by atomic mass is 10.0. The number of alkyl halides is 2. The van der Waals surface area contributed by atoms with E-state index in [1.54, 1.807) is 16.8 Å². The summed E-state index contributed by atoms with van der Waals surface area (Å²) >= 11 is 0. The van der Waals surface area contributed by atoms with E-state index >= 15 is 0 Å². The van der Waals surface area contributed by atoms with E-state index in [2.05, 4.69) is 15.2 Å². The van der Waals surface area contributed by atoms with Gasteiger partial charge in [0.05, 0.1) is 18.0 Å². The number of aromatic amines is 2. The number of likely N-dealkylation sites (N-methyl/N-ethyl adjacent to an activating group) is 1. The van der Waals surface area contributed by atoms with Crippen LogP contribution in [0, 0.1) is 0 Å². The summed E-state index contributed by atoms with van der Waals surface area (Å²) in [4.78, 5) is 19.9. The molecule has 176 valence electrons. The third-order valence-corrected chi connectivity index (χ3v) is 6.81. The molecule has 0 saturated heterocycles. The van der Waals surface area contributed by atoms with Crippen molar-refractivity contribution < 1.29 is 23.4 Å². The zero-order valence-corrected chi connectivity index (χ0v) is 18.4. The van der Waals surface area contributed by atoms with Gasteiger partial charge in [-0.25, -0.2) is 8.78 Å². The fourth-order valence-corrected chi connectivity index (χ4v) is 4.59. The predicted octanol–water partition coefficient (Wildman–Crippen LogP) is 2.83. The van der Waals surface area contributed by atoms with Crippen molar-refractivity contribution in [2.45, 2.75) is 44.0 Å². The number of benzene rings is 1. The molecule has 10 heteroatoms. The fourth-order valence-electron chi connectivity index (χ4n) is 4.59. The van der Waals surface area contributed by atoms with Gasteiger partial charge in [0, 0.05) is 41.5 Å². The van der Waals surface area contributed by atoms with Crippen molar-refractivity contribution in [2.75, 3.05) is 26.8 Å². The molecule has 33 heavy (non-hydrogen) atoms. The molecule has 1 aromatic carbocycles. The minimum Gasteiger partial charge on any atom is -0.374 e. The normalized spacial score (nSPS) is 18.2. The Morgan fingerprint density at radius 2 is 2.15 bits per heavy atom. The number of carbonyl (C=O) groups excluding carboxylic acids is 1. The lowest BCUT2D eigenvalue weighted by Crippen LogP contribution is -2.42. The van der Waals surface area contributed by atoms with Gasteiger partial charge in [-0.2, -0.15) is 5.10 Å². The summed E-state index contributed by atoms with van der Waals surface area (Å²) in [6.07, 6.45) is -1.44. The van der Waals surface area contributed by atoms with Crippen molar-refractivity contribution in [3.05, 3.63) is 53.0 Å². The zero-order chi connectivity index (χ0) is 23.2. The molecule has 3 aromatic rings. The minimum atomic E-state index is -2.52. The number of H-pyrrole nitrogens is 2. The van der Waals surface area contributed by atoms with Crippen LogP contribution in [0.25, 0.3) is 10.9 Å². The van der Waals surface area contributed by atoms with Crippen LogP contribution in [0.4, 0.5) is 8.78 Å². The average Bonchev–Trinajstić information content (AvgIpc) is 3.28. The van der Waals surface area contributed by atoms with E-state index in [4.69, 9.17) is 4.74 Å². The van der Waals surface area contributed by atoms with Gasteiger partial charge in [-0.1, -0.05) is 18.2 Å². The van der Waals surface area contributed by atoms with Crippen molar-refractivity contribution in [1.82, 2.24) is 25.0 Å². The highest BCUT2D eigenvalue weighted by atomic mass is 19.3. The predicted molar refractivity (Wildman–Crippen MR) is 117 cm³/mol. The molecule has 2 aromatic heterocycles. The Morgan fingerprint density at radius 3 is 2.88 bits per heavy atom. The van der Waals surface area contributed by atoms with Crippen LogP contribution in [0.5, 0.6) is 0 Å². The van der Waals surface area contributed by atoms with E-state index in [0.717, 1.165) is 35.0 Å². The Bertz CT molecular complexity index is 1120. The summed E-state index contributed by atoms with van der Waals surface area (Å²) in [5, 5.41) is 19.4. The molecule has 1 fully saturated rings. The second-order valence-electron chi connectivity index (χ2n) is 8.92. The highest BCUT2D eigenvalue weighted by molar-refractivity contribution is 5.98. The maximum absolute atomic E-state index is 13.2. The van der Waals surface area contributed by atoms with Gasteiger partial charge in [0.1, 0.15) is 12.3 Å². The van der Waals surface area contributed by atoms with Crippen molar-refractivity contribution in [2.24, 2.45) is 0 Å². The third-order valence-electron chi connectivity index (χ3n) is 6.81. The molecular weight excluding hydrogens is 432 g/mol. The summed E-state index contributed by atoms with van der Waals surface area (Å²) in [7, 11) is 1.76. The van der Waals surface area contributed by atoms with Crippen LogP contribution in [0.15, 0.2) is 30.3 Å². The molecule has 1 unspecified atom stereocenters. The first-order valence-electron chi connectivity index (χ1n) is 11.1. The van der Waals surface area contributed by atoms with Crippen molar-refractivity contribution in [3.8, 4) is 0 Å². The number of halogens is 2. The van der Waals surface area contributed by atoms with Crippen LogP contribution in [0.1, 0.15) is 46.5 Å². The van der Waals surface area contributed by atoms with E-state index in [1.165, 1.54) is 0 Å². The Hall–Kier alpha value is -2.82. The average molecular weight is 459 g/mol. The molecule has 8 nitrogen and oxygen atoms in total. The smallest absolute Gasteiger partial charge is 0.270 e. The SMILES string of the molecule is CN(C(O)c1[nH]nc2c1CN(C(=O)c1cc3ccccc3[nH]1)CC2)C1(COCC(F)F)CC1. The number of hydrogen-bond acceptors (Lipinski definition) is 5. The first kappa shape index (κ1) is 22.0. The second-order valence-corrected chi connectivity index (χ2v) is 8.92. The van der Waals surface area contributed by atoms with Crippen LogP contribution < -0.4 is 0 Å². The quantitative estimate of drug-likeness (QED) is 0.450. The second kappa shape index (κ2) is 8.51. The van der Waals surface area contributed by atoms with Gasteiger partial charge in [0.15, 0.2) is 6.23 Å². The van der Waals surface area contributed by atoms with Gasteiger partial charge in [0.25, 0.3) is 12.3 Å². The van der Waals surface area contributed by atoms with E-state index in [-0.39, 0.29) is 12.5 Å². The van der Waals surface area contributed by atoms with E-state index in [9.17, 15) is 18.7 Å². The number of fused-ring (bicyclic) bond motifs is 2. The first-order valence-corrected chi connectivity index (χ1v) is 11.1. The molecule has 0 bridgehead atoms. The van der Waals surface area contributed by atoms with E-state index in [1.807, 2.05) is 30.3 Å². The Balaban J connectivity index is 1.31. The number of rotatable bonds is 8. The third kappa shape index (κ3) is 4.14. The molecule has 1 aliphatic heterocycles. The summed E-state index contributed by atoms with van der Waals surface area (Å²) in [6, 6.07) is 9.58. The largest absolute Gasteiger partial charge is 0.374 e.